The Kier molecular flexibility index (Phi) is 3.30. The van der Waals surface area contributed by atoms with Gasteiger partial charge in [0, 0.05) is 11.6 Å². The van der Waals surface area contributed by atoms with Gasteiger partial charge in [0.1, 0.15) is 0 Å². The third-order valence-corrected chi connectivity index (χ3v) is 5.14. The van der Waals surface area contributed by atoms with E-state index in [9.17, 15) is 0 Å². The zero-order chi connectivity index (χ0) is 12.8. The van der Waals surface area contributed by atoms with Gasteiger partial charge in [-0.25, -0.2) is 0 Å². The molecule has 102 valence electrons. The molecule has 1 heterocycles. The van der Waals surface area contributed by atoms with Crippen molar-refractivity contribution < 1.29 is 0 Å². The van der Waals surface area contributed by atoms with Crippen LogP contribution in [0.5, 0.6) is 0 Å². The van der Waals surface area contributed by atoms with Crippen LogP contribution in [0.15, 0.2) is 11.1 Å². The molecule has 18 heavy (non-hydrogen) atoms. The van der Waals surface area contributed by atoms with Gasteiger partial charge in [-0.15, -0.1) is 0 Å². The third-order valence-electron chi connectivity index (χ3n) is 5.14. The Morgan fingerprint density at radius 3 is 2.17 bits per heavy atom. The van der Waals surface area contributed by atoms with Gasteiger partial charge in [-0.2, -0.15) is 0 Å². The summed E-state index contributed by atoms with van der Waals surface area (Å²) in [4.78, 5) is 2.79. The Labute approximate surface area is 113 Å². The summed E-state index contributed by atoms with van der Waals surface area (Å²) in [6.07, 6.45) is 11.5. The van der Waals surface area contributed by atoms with Crippen LogP contribution in [0.2, 0.25) is 0 Å². The van der Waals surface area contributed by atoms with Crippen molar-refractivity contribution in [2.24, 2.45) is 5.92 Å². The van der Waals surface area contributed by atoms with Crippen molar-refractivity contribution >= 4 is 0 Å². The molecule has 1 saturated carbocycles. The Bertz CT molecular complexity index is 343. The van der Waals surface area contributed by atoms with Gasteiger partial charge in [-0.1, -0.05) is 11.1 Å². The van der Waals surface area contributed by atoms with E-state index in [0.717, 1.165) is 12.0 Å². The maximum Gasteiger partial charge on any atom is 0.0315 e. The molecule has 1 atom stereocenters. The highest BCUT2D eigenvalue weighted by Crippen LogP contribution is 2.46. The quantitative estimate of drug-likeness (QED) is 0.648. The van der Waals surface area contributed by atoms with Gasteiger partial charge in [0.2, 0.25) is 0 Å². The van der Waals surface area contributed by atoms with Crippen molar-refractivity contribution in [3.05, 3.63) is 11.1 Å². The Balaban J connectivity index is 1.87. The summed E-state index contributed by atoms with van der Waals surface area (Å²) in [6, 6.07) is 0.792. The molecule has 1 saturated heterocycles. The lowest BCUT2D eigenvalue weighted by Crippen LogP contribution is -2.45. The van der Waals surface area contributed by atoms with Gasteiger partial charge in [0.15, 0.2) is 0 Å². The molecule has 1 heteroatoms. The lowest BCUT2D eigenvalue weighted by atomic mass is 9.83. The SMILES string of the molecule is CC(C)(C)N1CCCC1C1=C(C2CC2)CCCC1. The number of allylic oxidation sites excluding steroid dienone is 1. The first-order valence-corrected chi connectivity index (χ1v) is 8.06. The molecule has 1 unspecified atom stereocenters. The minimum atomic E-state index is 0.347. The van der Waals surface area contributed by atoms with Crippen LogP contribution in [-0.4, -0.2) is 23.0 Å². The molecule has 0 bridgehead atoms. The molecule has 3 rings (SSSR count). The second-order valence-corrected chi connectivity index (χ2v) is 7.55. The van der Waals surface area contributed by atoms with Crippen molar-refractivity contribution in [3.8, 4) is 0 Å². The Hall–Kier alpha value is -0.300. The van der Waals surface area contributed by atoms with E-state index in [1.165, 1.54) is 57.9 Å². The van der Waals surface area contributed by atoms with E-state index in [4.69, 9.17) is 0 Å². The second kappa shape index (κ2) is 4.67. The number of likely N-dealkylation sites (tertiary alicyclic amines) is 1. The molecule has 0 spiro atoms. The summed E-state index contributed by atoms with van der Waals surface area (Å²) >= 11 is 0. The minimum absolute atomic E-state index is 0.347. The molecule has 0 N–H and O–H groups in total. The molecular weight excluding hydrogens is 218 g/mol. The lowest BCUT2D eigenvalue weighted by molar-refractivity contribution is 0.134. The summed E-state index contributed by atoms with van der Waals surface area (Å²) in [7, 11) is 0. The first-order valence-electron chi connectivity index (χ1n) is 8.06. The standard InChI is InChI=1S/C17H29N/c1-17(2,3)18-12-6-9-16(18)15-8-5-4-7-14(15)13-10-11-13/h13,16H,4-12H2,1-3H3. The largest absolute Gasteiger partial charge is 0.292 e. The average Bonchev–Trinajstić information content (AvgIpc) is 3.04. The predicted molar refractivity (Wildman–Crippen MR) is 77.7 cm³/mol. The molecule has 1 aliphatic heterocycles. The van der Waals surface area contributed by atoms with E-state index >= 15 is 0 Å². The van der Waals surface area contributed by atoms with Crippen LogP contribution >= 0.6 is 0 Å². The van der Waals surface area contributed by atoms with Gasteiger partial charge in [-0.05, 0) is 84.6 Å². The maximum absolute atomic E-state index is 2.79. The molecule has 0 aromatic rings. The van der Waals surface area contributed by atoms with Crippen LogP contribution in [0.4, 0.5) is 0 Å². The summed E-state index contributed by atoms with van der Waals surface area (Å²) in [6.45, 7) is 8.50. The Morgan fingerprint density at radius 1 is 0.889 bits per heavy atom. The average molecular weight is 247 g/mol. The second-order valence-electron chi connectivity index (χ2n) is 7.55. The summed E-state index contributed by atoms with van der Waals surface area (Å²) in [5.41, 5.74) is 4.14. The van der Waals surface area contributed by atoms with Gasteiger partial charge in [0.05, 0.1) is 0 Å². The van der Waals surface area contributed by atoms with Crippen molar-refractivity contribution in [1.29, 1.82) is 0 Å². The van der Waals surface area contributed by atoms with Crippen molar-refractivity contribution in [3.63, 3.8) is 0 Å². The summed E-state index contributed by atoms with van der Waals surface area (Å²) in [5, 5.41) is 0. The van der Waals surface area contributed by atoms with Crippen LogP contribution in [-0.2, 0) is 0 Å². The Morgan fingerprint density at radius 2 is 1.56 bits per heavy atom. The van der Waals surface area contributed by atoms with E-state index in [-0.39, 0.29) is 0 Å². The highest BCUT2D eigenvalue weighted by Gasteiger charge is 2.38. The van der Waals surface area contributed by atoms with Gasteiger partial charge < -0.3 is 0 Å². The molecule has 0 aromatic heterocycles. The minimum Gasteiger partial charge on any atom is -0.292 e. The zero-order valence-electron chi connectivity index (χ0n) is 12.5. The van der Waals surface area contributed by atoms with E-state index in [1.54, 1.807) is 0 Å². The van der Waals surface area contributed by atoms with Crippen LogP contribution in [0, 0.1) is 5.92 Å². The van der Waals surface area contributed by atoms with Gasteiger partial charge in [-0.3, -0.25) is 4.90 Å². The van der Waals surface area contributed by atoms with E-state index in [2.05, 4.69) is 25.7 Å². The van der Waals surface area contributed by atoms with E-state index in [0.29, 0.717) is 5.54 Å². The first kappa shape index (κ1) is 12.7. The van der Waals surface area contributed by atoms with E-state index < -0.39 is 0 Å². The molecular formula is C17H29N. The van der Waals surface area contributed by atoms with Crippen LogP contribution in [0.3, 0.4) is 0 Å². The van der Waals surface area contributed by atoms with Crippen molar-refractivity contribution in [1.82, 2.24) is 4.90 Å². The lowest BCUT2D eigenvalue weighted by Gasteiger charge is -2.40. The molecule has 0 amide bonds. The molecule has 0 radical (unpaired) electrons. The van der Waals surface area contributed by atoms with Gasteiger partial charge in [0.25, 0.3) is 0 Å². The summed E-state index contributed by atoms with van der Waals surface area (Å²) < 4.78 is 0. The smallest absolute Gasteiger partial charge is 0.0315 e. The molecule has 0 aromatic carbocycles. The molecule has 3 aliphatic rings. The monoisotopic (exact) mass is 247 g/mol. The first-order chi connectivity index (χ1) is 8.57. The summed E-state index contributed by atoms with van der Waals surface area (Å²) in [5.74, 6) is 1.00. The number of hydrogen-bond donors (Lipinski definition) is 0. The van der Waals surface area contributed by atoms with E-state index in [1.807, 2.05) is 11.1 Å². The fraction of sp³-hybridized carbons (Fsp3) is 0.882. The highest BCUT2D eigenvalue weighted by atomic mass is 15.2. The van der Waals surface area contributed by atoms with Crippen molar-refractivity contribution in [2.45, 2.75) is 83.7 Å². The number of nitrogens with zero attached hydrogens (tertiary/aromatic N) is 1. The van der Waals surface area contributed by atoms with Crippen LogP contribution in [0.1, 0.15) is 72.1 Å². The molecule has 2 fully saturated rings. The van der Waals surface area contributed by atoms with Crippen molar-refractivity contribution in [2.75, 3.05) is 6.54 Å². The van der Waals surface area contributed by atoms with Crippen LogP contribution in [0.25, 0.3) is 0 Å². The molecule has 1 nitrogen and oxygen atoms in total. The topological polar surface area (TPSA) is 3.24 Å². The normalized spacial score (nSPS) is 31.2. The zero-order valence-corrected chi connectivity index (χ0v) is 12.5. The third kappa shape index (κ3) is 2.39. The fourth-order valence-corrected chi connectivity index (χ4v) is 4.16. The van der Waals surface area contributed by atoms with Gasteiger partial charge >= 0.3 is 0 Å². The predicted octanol–water partition coefficient (Wildman–Crippen LogP) is 4.53. The highest BCUT2D eigenvalue weighted by molar-refractivity contribution is 5.28. The van der Waals surface area contributed by atoms with Crippen LogP contribution < -0.4 is 0 Å². The number of hydrogen-bond acceptors (Lipinski definition) is 1. The fourth-order valence-electron chi connectivity index (χ4n) is 4.16. The maximum atomic E-state index is 2.79. The number of rotatable bonds is 2. The molecule has 2 aliphatic carbocycles.